The molecule has 2 unspecified atom stereocenters. The minimum Gasteiger partial charge on any atom is -0.493 e. The van der Waals surface area contributed by atoms with E-state index in [1.807, 2.05) is 6.92 Å². The lowest BCUT2D eigenvalue weighted by molar-refractivity contribution is -0.394. The summed E-state index contributed by atoms with van der Waals surface area (Å²) in [5.74, 6) is -0.0701. The molecule has 0 radical (unpaired) electrons. The number of nitro groups is 2. The SMILES string of the molecule is COc1cc(/C=N/NC(=O)C2CC(C)NN2)ccc1Oc1ccc([N+](=O)[O-])cc1[N+](=O)[O-]. The van der Waals surface area contributed by atoms with Crippen molar-refractivity contribution in [2.75, 3.05) is 7.11 Å². The van der Waals surface area contributed by atoms with Crippen molar-refractivity contribution in [1.82, 2.24) is 16.3 Å². The second-order valence-corrected chi connectivity index (χ2v) is 6.89. The molecule has 1 heterocycles. The fraction of sp³-hybridized carbons (Fsp3) is 0.263. The lowest BCUT2D eigenvalue weighted by Crippen LogP contribution is -2.41. The topological polar surface area (TPSA) is 170 Å². The number of nitrogens with zero attached hydrogens (tertiary/aromatic N) is 3. The zero-order valence-corrected chi connectivity index (χ0v) is 17.1. The molecule has 1 saturated heterocycles. The Morgan fingerprint density at radius 2 is 1.88 bits per heavy atom. The molecule has 2 aromatic rings. The van der Waals surface area contributed by atoms with Crippen molar-refractivity contribution in [2.24, 2.45) is 5.10 Å². The lowest BCUT2D eigenvalue weighted by atomic mass is 10.1. The van der Waals surface area contributed by atoms with Gasteiger partial charge in [-0.2, -0.15) is 5.10 Å². The number of non-ortho nitro benzene ring substituents is 1. The minimum absolute atomic E-state index is 0.154. The van der Waals surface area contributed by atoms with Gasteiger partial charge in [-0.3, -0.25) is 30.4 Å². The van der Waals surface area contributed by atoms with Crippen LogP contribution in [0.1, 0.15) is 18.9 Å². The molecule has 168 valence electrons. The van der Waals surface area contributed by atoms with Crippen LogP contribution in [0.2, 0.25) is 0 Å². The highest BCUT2D eigenvalue weighted by molar-refractivity contribution is 5.85. The van der Waals surface area contributed by atoms with Gasteiger partial charge in [0.2, 0.25) is 5.75 Å². The molecule has 2 aromatic carbocycles. The van der Waals surface area contributed by atoms with Gasteiger partial charge >= 0.3 is 5.69 Å². The van der Waals surface area contributed by atoms with Crippen molar-refractivity contribution >= 4 is 23.5 Å². The Kier molecular flexibility index (Phi) is 6.92. The van der Waals surface area contributed by atoms with E-state index in [-0.39, 0.29) is 35.2 Å². The van der Waals surface area contributed by atoms with E-state index in [4.69, 9.17) is 9.47 Å². The van der Waals surface area contributed by atoms with E-state index in [2.05, 4.69) is 21.4 Å². The molecular weight excluding hydrogens is 424 g/mol. The van der Waals surface area contributed by atoms with Gasteiger partial charge in [-0.1, -0.05) is 0 Å². The van der Waals surface area contributed by atoms with Crippen LogP contribution in [-0.2, 0) is 4.79 Å². The maximum absolute atomic E-state index is 12.0. The summed E-state index contributed by atoms with van der Waals surface area (Å²) in [4.78, 5) is 32.7. The average molecular weight is 444 g/mol. The highest BCUT2D eigenvalue weighted by Gasteiger charge is 2.26. The Hall–Kier alpha value is -4.10. The minimum atomic E-state index is -0.770. The highest BCUT2D eigenvalue weighted by atomic mass is 16.6. The van der Waals surface area contributed by atoms with E-state index in [9.17, 15) is 25.0 Å². The molecule has 32 heavy (non-hydrogen) atoms. The van der Waals surface area contributed by atoms with Crippen LogP contribution in [0.4, 0.5) is 11.4 Å². The molecule has 2 atom stereocenters. The molecular formula is C19H20N6O7. The zero-order chi connectivity index (χ0) is 23.3. The summed E-state index contributed by atoms with van der Waals surface area (Å²) in [6, 6.07) is 7.52. The van der Waals surface area contributed by atoms with Crippen LogP contribution in [0, 0.1) is 20.2 Å². The van der Waals surface area contributed by atoms with Crippen molar-refractivity contribution in [2.45, 2.75) is 25.4 Å². The number of carbonyl (C=O) groups excluding carboxylic acids is 1. The van der Waals surface area contributed by atoms with Gasteiger partial charge in [0.1, 0.15) is 6.04 Å². The molecule has 0 aliphatic carbocycles. The van der Waals surface area contributed by atoms with Crippen LogP contribution in [0.3, 0.4) is 0 Å². The number of benzene rings is 2. The summed E-state index contributed by atoms with van der Waals surface area (Å²) < 4.78 is 10.9. The van der Waals surface area contributed by atoms with Gasteiger partial charge in [0.25, 0.3) is 11.6 Å². The van der Waals surface area contributed by atoms with Gasteiger partial charge in [0, 0.05) is 12.1 Å². The molecule has 1 fully saturated rings. The number of hydrogen-bond acceptors (Lipinski definition) is 10. The van der Waals surface area contributed by atoms with Gasteiger partial charge in [0.15, 0.2) is 11.5 Å². The first kappa shape index (κ1) is 22.6. The molecule has 1 aliphatic heterocycles. The maximum Gasteiger partial charge on any atom is 0.318 e. The molecule has 13 nitrogen and oxygen atoms in total. The first-order valence-electron chi connectivity index (χ1n) is 9.41. The summed E-state index contributed by atoms with van der Waals surface area (Å²) in [7, 11) is 1.38. The Balaban J connectivity index is 1.74. The third-order valence-corrected chi connectivity index (χ3v) is 4.56. The fourth-order valence-corrected chi connectivity index (χ4v) is 2.95. The highest BCUT2D eigenvalue weighted by Crippen LogP contribution is 2.38. The normalized spacial score (nSPS) is 17.8. The van der Waals surface area contributed by atoms with E-state index in [1.165, 1.54) is 19.4 Å². The summed E-state index contributed by atoms with van der Waals surface area (Å²) in [5, 5.41) is 26.1. The number of rotatable bonds is 8. The molecule has 3 N–H and O–H groups in total. The number of hydrazine groups is 1. The third kappa shape index (κ3) is 5.33. The van der Waals surface area contributed by atoms with Crippen molar-refractivity contribution in [3.8, 4) is 17.2 Å². The first-order chi connectivity index (χ1) is 15.3. The summed E-state index contributed by atoms with van der Waals surface area (Å²) in [5.41, 5.74) is 7.85. The largest absolute Gasteiger partial charge is 0.493 e. The van der Waals surface area contributed by atoms with Crippen LogP contribution < -0.4 is 25.8 Å². The number of hydrazone groups is 1. The Morgan fingerprint density at radius 1 is 1.12 bits per heavy atom. The summed E-state index contributed by atoms with van der Waals surface area (Å²) >= 11 is 0. The van der Waals surface area contributed by atoms with E-state index in [1.54, 1.807) is 12.1 Å². The van der Waals surface area contributed by atoms with Gasteiger partial charge < -0.3 is 9.47 Å². The fourth-order valence-electron chi connectivity index (χ4n) is 2.95. The van der Waals surface area contributed by atoms with Gasteiger partial charge in [-0.25, -0.2) is 10.9 Å². The lowest BCUT2D eigenvalue weighted by Gasteiger charge is -2.11. The first-order valence-corrected chi connectivity index (χ1v) is 9.41. The molecule has 3 rings (SSSR count). The van der Waals surface area contributed by atoms with Crippen molar-refractivity contribution < 1.29 is 24.1 Å². The van der Waals surface area contributed by atoms with E-state index in [0.717, 1.165) is 18.2 Å². The third-order valence-electron chi connectivity index (χ3n) is 4.56. The quantitative estimate of drug-likeness (QED) is 0.313. The number of amides is 1. The molecule has 1 amide bonds. The number of hydrogen-bond donors (Lipinski definition) is 3. The molecule has 0 aromatic heterocycles. The van der Waals surface area contributed by atoms with Gasteiger partial charge in [0.05, 0.1) is 29.2 Å². The van der Waals surface area contributed by atoms with Crippen LogP contribution in [0.5, 0.6) is 17.2 Å². The molecule has 0 saturated carbocycles. The second kappa shape index (κ2) is 9.80. The molecule has 0 spiro atoms. The molecule has 1 aliphatic rings. The smallest absolute Gasteiger partial charge is 0.318 e. The van der Waals surface area contributed by atoms with E-state index in [0.29, 0.717) is 12.0 Å². The number of nitrogens with one attached hydrogen (secondary N) is 3. The predicted octanol–water partition coefficient (Wildman–Crippen LogP) is 2.01. The van der Waals surface area contributed by atoms with Crippen LogP contribution >= 0.6 is 0 Å². The van der Waals surface area contributed by atoms with Crippen molar-refractivity contribution in [3.05, 3.63) is 62.2 Å². The summed E-state index contributed by atoms with van der Waals surface area (Å²) in [6.45, 7) is 1.95. The zero-order valence-electron chi connectivity index (χ0n) is 17.1. The van der Waals surface area contributed by atoms with Crippen LogP contribution in [0.25, 0.3) is 0 Å². The van der Waals surface area contributed by atoms with Crippen molar-refractivity contribution in [1.29, 1.82) is 0 Å². The predicted molar refractivity (Wildman–Crippen MR) is 113 cm³/mol. The summed E-state index contributed by atoms with van der Waals surface area (Å²) in [6.07, 6.45) is 2.04. The number of carbonyl (C=O) groups is 1. The molecule has 0 bridgehead atoms. The van der Waals surface area contributed by atoms with Gasteiger partial charge in [-0.05, 0) is 43.2 Å². The molecule has 13 heteroatoms. The van der Waals surface area contributed by atoms with E-state index >= 15 is 0 Å². The number of nitro benzene ring substituents is 2. The van der Waals surface area contributed by atoms with E-state index < -0.39 is 21.2 Å². The monoisotopic (exact) mass is 444 g/mol. The Bertz CT molecular complexity index is 1070. The van der Waals surface area contributed by atoms with Crippen LogP contribution in [0.15, 0.2) is 41.5 Å². The maximum atomic E-state index is 12.0. The number of ether oxygens (including phenoxy) is 2. The van der Waals surface area contributed by atoms with Crippen molar-refractivity contribution in [3.63, 3.8) is 0 Å². The number of methoxy groups -OCH3 is 1. The van der Waals surface area contributed by atoms with Crippen LogP contribution in [-0.4, -0.2) is 41.2 Å². The Morgan fingerprint density at radius 3 is 2.50 bits per heavy atom. The second-order valence-electron chi connectivity index (χ2n) is 6.89. The Labute approximate surface area is 181 Å². The standard InChI is InChI=1S/C19H20N6O7/c1-11-7-14(22-21-11)19(26)23-20-10-12-3-5-17(18(8-12)31-2)32-16-6-4-13(24(27)28)9-15(16)25(29)30/h3-6,8-11,14,21-22H,7H2,1-2H3,(H,23,26)/b20-10+. The average Bonchev–Trinajstić information content (AvgIpc) is 3.21. The van der Waals surface area contributed by atoms with Gasteiger partial charge in [-0.15, -0.1) is 0 Å².